The molecular weight excluding hydrogens is 346 g/mol. The molecule has 2 aromatic rings. The van der Waals surface area contributed by atoms with Gasteiger partial charge in [-0.05, 0) is 48.4 Å². The Morgan fingerprint density at radius 1 is 1.27 bits per heavy atom. The standard InChI is InChI=1S/C17H14BrNO3/c1-9-12(18)4-5-13-16(9)11(17(21)19-13)7-10-3-6-15(22-2)14(20)8-10/h3-8,20H,1-2H3,(H,19,21). The molecule has 0 saturated carbocycles. The van der Waals surface area contributed by atoms with Crippen molar-refractivity contribution in [3.05, 3.63) is 51.5 Å². The third kappa shape index (κ3) is 2.37. The van der Waals surface area contributed by atoms with Crippen LogP contribution in [0, 0.1) is 6.92 Å². The minimum absolute atomic E-state index is 0.0430. The molecular formula is C17H14BrNO3. The summed E-state index contributed by atoms with van der Waals surface area (Å²) in [5.74, 6) is 0.297. The van der Waals surface area contributed by atoms with Crippen LogP contribution in [0.25, 0.3) is 11.6 Å². The molecule has 0 bridgehead atoms. The number of hydrogen-bond donors (Lipinski definition) is 2. The number of halogens is 1. The topological polar surface area (TPSA) is 58.6 Å². The highest BCUT2D eigenvalue weighted by molar-refractivity contribution is 9.10. The van der Waals surface area contributed by atoms with E-state index in [-0.39, 0.29) is 11.7 Å². The second-order valence-corrected chi connectivity index (χ2v) is 5.89. The van der Waals surface area contributed by atoms with E-state index in [9.17, 15) is 9.90 Å². The lowest BCUT2D eigenvalue weighted by Gasteiger charge is -2.07. The average Bonchev–Trinajstić information content (AvgIpc) is 2.80. The van der Waals surface area contributed by atoms with E-state index in [1.807, 2.05) is 19.1 Å². The predicted octanol–water partition coefficient (Wildman–Crippen LogP) is 3.96. The van der Waals surface area contributed by atoms with Crippen LogP contribution >= 0.6 is 15.9 Å². The van der Waals surface area contributed by atoms with Crippen LogP contribution in [0.2, 0.25) is 0 Å². The van der Waals surface area contributed by atoms with Gasteiger partial charge in [-0.15, -0.1) is 0 Å². The van der Waals surface area contributed by atoms with Crippen LogP contribution in [0.3, 0.4) is 0 Å². The minimum Gasteiger partial charge on any atom is -0.504 e. The first-order valence-corrected chi connectivity index (χ1v) is 7.50. The van der Waals surface area contributed by atoms with Crippen LogP contribution in [-0.2, 0) is 4.79 Å². The fourth-order valence-corrected chi connectivity index (χ4v) is 2.87. The Morgan fingerprint density at radius 3 is 2.73 bits per heavy atom. The fraction of sp³-hybridized carbons (Fsp3) is 0.118. The molecule has 1 aliphatic rings. The number of carbonyl (C=O) groups excluding carboxylic acids is 1. The highest BCUT2D eigenvalue weighted by Crippen LogP contribution is 2.39. The smallest absolute Gasteiger partial charge is 0.256 e. The first-order chi connectivity index (χ1) is 10.5. The SMILES string of the molecule is COc1ccc(C=C2C(=O)Nc3ccc(Br)c(C)c32)cc1O. The summed E-state index contributed by atoms with van der Waals surface area (Å²) in [6.07, 6.45) is 1.76. The molecule has 0 unspecified atom stereocenters. The van der Waals surface area contributed by atoms with Crippen LogP contribution in [-0.4, -0.2) is 18.1 Å². The first-order valence-electron chi connectivity index (χ1n) is 6.71. The van der Waals surface area contributed by atoms with E-state index in [4.69, 9.17) is 4.74 Å². The van der Waals surface area contributed by atoms with Gasteiger partial charge in [0.2, 0.25) is 0 Å². The third-order valence-corrected chi connectivity index (χ3v) is 4.53. The van der Waals surface area contributed by atoms with Crippen molar-refractivity contribution < 1.29 is 14.6 Å². The largest absolute Gasteiger partial charge is 0.504 e. The second-order valence-electron chi connectivity index (χ2n) is 5.04. The lowest BCUT2D eigenvalue weighted by molar-refractivity contribution is -0.110. The number of anilines is 1. The Balaban J connectivity index is 2.12. The van der Waals surface area contributed by atoms with E-state index in [1.54, 1.807) is 24.3 Å². The Bertz CT molecular complexity index is 812. The minimum atomic E-state index is -0.147. The molecule has 0 saturated heterocycles. The Kier molecular flexibility index (Phi) is 3.66. The summed E-state index contributed by atoms with van der Waals surface area (Å²) < 4.78 is 5.98. The quantitative estimate of drug-likeness (QED) is 0.797. The number of amides is 1. The molecule has 0 aromatic heterocycles. The maximum Gasteiger partial charge on any atom is 0.256 e. The maximum atomic E-state index is 12.2. The molecule has 2 N–H and O–H groups in total. The van der Waals surface area contributed by atoms with E-state index >= 15 is 0 Å². The lowest BCUT2D eigenvalue weighted by atomic mass is 9.99. The normalized spacial score (nSPS) is 14.9. The zero-order chi connectivity index (χ0) is 15.9. The van der Waals surface area contributed by atoms with Crippen LogP contribution in [0.4, 0.5) is 5.69 Å². The van der Waals surface area contributed by atoms with Crippen LogP contribution < -0.4 is 10.1 Å². The predicted molar refractivity (Wildman–Crippen MR) is 90.0 cm³/mol. The van der Waals surface area contributed by atoms with E-state index in [0.29, 0.717) is 11.3 Å². The molecule has 0 atom stereocenters. The van der Waals surface area contributed by atoms with Gasteiger partial charge >= 0.3 is 0 Å². The van der Waals surface area contributed by atoms with Crippen molar-refractivity contribution in [2.24, 2.45) is 0 Å². The molecule has 2 aromatic carbocycles. The molecule has 1 aliphatic heterocycles. The molecule has 22 heavy (non-hydrogen) atoms. The lowest BCUT2D eigenvalue weighted by Crippen LogP contribution is -2.03. The van der Waals surface area contributed by atoms with Gasteiger partial charge in [0.15, 0.2) is 11.5 Å². The highest BCUT2D eigenvalue weighted by atomic mass is 79.9. The van der Waals surface area contributed by atoms with Gasteiger partial charge in [0.25, 0.3) is 5.91 Å². The highest BCUT2D eigenvalue weighted by Gasteiger charge is 2.26. The molecule has 0 aliphatic carbocycles. The molecule has 0 spiro atoms. The fourth-order valence-electron chi connectivity index (χ4n) is 2.54. The summed E-state index contributed by atoms with van der Waals surface area (Å²) in [5, 5.41) is 12.7. The first kappa shape index (κ1) is 14.7. The van der Waals surface area contributed by atoms with Crippen molar-refractivity contribution in [3.8, 4) is 11.5 Å². The van der Waals surface area contributed by atoms with Gasteiger partial charge in [-0.25, -0.2) is 0 Å². The molecule has 0 fully saturated rings. The molecule has 0 radical (unpaired) electrons. The summed E-state index contributed by atoms with van der Waals surface area (Å²) in [7, 11) is 1.49. The number of benzene rings is 2. The van der Waals surface area contributed by atoms with Gasteiger partial charge in [0.05, 0.1) is 7.11 Å². The molecule has 5 heteroatoms. The zero-order valence-corrected chi connectivity index (χ0v) is 13.7. The van der Waals surface area contributed by atoms with Crippen molar-refractivity contribution in [2.75, 3.05) is 12.4 Å². The van der Waals surface area contributed by atoms with Crippen LogP contribution in [0.5, 0.6) is 11.5 Å². The van der Waals surface area contributed by atoms with Gasteiger partial charge in [-0.2, -0.15) is 0 Å². The summed E-state index contributed by atoms with van der Waals surface area (Å²) >= 11 is 3.49. The molecule has 3 rings (SSSR count). The Labute approximate surface area is 136 Å². The van der Waals surface area contributed by atoms with Gasteiger partial charge < -0.3 is 15.2 Å². The van der Waals surface area contributed by atoms with E-state index in [1.165, 1.54) is 7.11 Å². The van der Waals surface area contributed by atoms with Gasteiger partial charge in [0.1, 0.15) is 0 Å². The van der Waals surface area contributed by atoms with E-state index in [2.05, 4.69) is 21.2 Å². The van der Waals surface area contributed by atoms with Crippen LogP contribution in [0.1, 0.15) is 16.7 Å². The van der Waals surface area contributed by atoms with Gasteiger partial charge in [-0.1, -0.05) is 22.0 Å². The number of ether oxygens (including phenoxy) is 1. The Hall–Kier alpha value is -2.27. The van der Waals surface area contributed by atoms with Crippen molar-refractivity contribution in [1.29, 1.82) is 0 Å². The molecule has 4 nitrogen and oxygen atoms in total. The van der Waals surface area contributed by atoms with E-state index < -0.39 is 0 Å². The Morgan fingerprint density at radius 2 is 2.05 bits per heavy atom. The number of nitrogens with one attached hydrogen (secondary N) is 1. The second kappa shape index (κ2) is 5.50. The summed E-state index contributed by atoms with van der Waals surface area (Å²) in [6.45, 7) is 1.96. The molecule has 1 amide bonds. The number of fused-ring (bicyclic) bond motifs is 1. The number of methoxy groups -OCH3 is 1. The van der Waals surface area contributed by atoms with Crippen molar-refractivity contribution in [1.82, 2.24) is 0 Å². The van der Waals surface area contributed by atoms with Crippen molar-refractivity contribution in [3.63, 3.8) is 0 Å². The summed E-state index contributed by atoms with van der Waals surface area (Å²) in [5.41, 5.74) is 4.00. The number of phenolic OH excluding ortho intramolecular Hbond substituents is 1. The van der Waals surface area contributed by atoms with E-state index in [0.717, 1.165) is 26.9 Å². The van der Waals surface area contributed by atoms with Crippen LogP contribution in [0.15, 0.2) is 34.8 Å². The molecule has 112 valence electrons. The zero-order valence-electron chi connectivity index (χ0n) is 12.1. The average molecular weight is 360 g/mol. The van der Waals surface area contributed by atoms with Gasteiger partial charge in [0, 0.05) is 21.3 Å². The third-order valence-electron chi connectivity index (χ3n) is 3.67. The summed E-state index contributed by atoms with van der Waals surface area (Å²) in [6, 6.07) is 8.82. The number of aromatic hydroxyl groups is 1. The van der Waals surface area contributed by atoms with Gasteiger partial charge in [-0.3, -0.25) is 4.79 Å². The number of carbonyl (C=O) groups is 1. The maximum absolute atomic E-state index is 12.2. The number of hydrogen-bond acceptors (Lipinski definition) is 3. The number of rotatable bonds is 2. The number of phenols is 1. The van der Waals surface area contributed by atoms with Crippen molar-refractivity contribution in [2.45, 2.75) is 6.92 Å². The van der Waals surface area contributed by atoms with Crippen molar-refractivity contribution >= 4 is 39.2 Å². The monoisotopic (exact) mass is 359 g/mol. The summed E-state index contributed by atoms with van der Waals surface area (Å²) in [4.78, 5) is 12.2. The molecule has 1 heterocycles.